The highest BCUT2D eigenvalue weighted by molar-refractivity contribution is 7.97. The minimum absolute atomic E-state index is 0.00133. The number of carbonyl (C=O) groups excluding carboxylic acids is 2. The Hall–Kier alpha value is -2.50. The molecule has 6 saturated heterocycles. The van der Waals surface area contributed by atoms with E-state index in [2.05, 4.69) is 74.9 Å². The molecule has 10 rings (SSSR count). The van der Waals surface area contributed by atoms with E-state index in [4.69, 9.17) is 9.05 Å². The van der Waals surface area contributed by atoms with E-state index in [1.807, 2.05) is 19.9 Å². The number of likely N-dealkylation sites (tertiary alicyclic amines) is 2. The molecule has 2 amide bonds. The average molecular weight is 899 g/mol. The Morgan fingerprint density at radius 2 is 1.23 bits per heavy atom. The SMILES string of the molecule is CC.CC1CC1c1cc(C(=O)NC2CC3CC[C@@H](C2)N3SCC2CCN(C)CC2)no1.CN1CCC(CS(=O)(=O)N2C3CCC2CC(NC(=O)c2cc(C4(C)CC4)on2)C3)CC1. The molecule has 2 aromatic heterocycles. The Morgan fingerprint density at radius 3 is 1.76 bits per heavy atom. The number of rotatable bonds is 12. The molecule has 8 heterocycles. The molecule has 62 heavy (non-hydrogen) atoms. The molecule has 2 aromatic rings. The van der Waals surface area contributed by atoms with Crippen molar-refractivity contribution >= 4 is 33.8 Å². The zero-order valence-electron chi connectivity index (χ0n) is 38.2. The van der Waals surface area contributed by atoms with Crippen LogP contribution in [0, 0.1) is 17.8 Å². The fourth-order valence-corrected chi connectivity index (χ4v) is 15.0. The number of fused-ring (bicyclic) bond motifs is 4. The first-order chi connectivity index (χ1) is 29.8. The third-order valence-corrected chi connectivity index (χ3v) is 19.1. The molecule has 0 radical (unpaired) electrons. The number of hydrogen-bond donors (Lipinski definition) is 2. The van der Waals surface area contributed by atoms with Crippen LogP contribution >= 0.6 is 11.9 Å². The summed E-state index contributed by atoms with van der Waals surface area (Å²) >= 11 is 2.09. The van der Waals surface area contributed by atoms with Gasteiger partial charge in [-0.1, -0.05) is 50.0 Å². The smallest absolute Gasteiger partial charge is 0.273 e. The van der Waals surface area contributed by atoms with Gasteiger partial charge in [-0.25, -0.2) is 12.7 Å². The predicted molar refractivity (Wildman–Crippen MR) is 242 cm³/mol. The Labute approximate surface area is 374 Å². The lowest BCUT2D eigenvalue weighted by Crippen LogP contribution is -2.53. The molecule has 0 aromatic carbocycles. The Kier molecular flexibility index (Phi) is 14.5. The number of piperidine rings is 4. The van der Waals surface area contributed by atoms with E-state index in [-0.39, 0.29) is 53.1 Å². The van der Waals surface area contributed by atoms with E-state index < -0.39 is 10.0 Å². The van der Waals surface area contributed by atoms with Crippen LogP contribution in [0.4, 0.5) is 0 Å². The zero-order chi connectivity index (χ0) is 43.8. The van der Waals surface area contributed by atoms with Crippen LogP contribution < -0.4 is 10.6 Å². The largest absolute Gasteiger partial charge is 0.360 e. The lowest BCUT2D eigenvalue weighted by molar-refractivity contribution is 0.0891. The highest BCUT2D eigenvalue weighted by atomic mass is 32.2. The van der Waals surface area contributed by atoms with Crippen LogP contribution in [0.2, 0.25) is 0 Å². The van der Waals surface area contributed by atoms with Crippen molar-refractivity contribution in [1.82, 2.24) is 39.4 Å². The van der Waals surface area contributed by atoms with Gasteiger partial charge in [-0.2, -0.15) is 4.31 Å². The summed E-state index contributed by atoms with van der Waals surface area (Å²) in [5, 5.41) is 14.3. The Morgan fingerprint density at radius 1 is 0.742 bits per heavy atom. The predicted octanol–water partition coefficient (Wildman–Crippen LogP) is 6.66. The van der Waals surface area contributed by atoms with Gasteiger partial charge < -0.3 is 29.5 Å². The number of amides is 2. The third-order valence-electron chi connectivity index (χ3n) is 15.5. The van der Waals surface area contributed by atoms with Crippen molar-refractivity contribution in [2.45, 2.75) is 172 Å². The van der Waals surface area contributed by atoms with Crippen molar-refractivity contribution in [3.8, 4) is 0 Å². The lowest BCUT2D eigenvalue weighted by atomic mass is 9.99. The van der Waals surface area contributed by atoms with Gasteiger partial charge in [0.15, 0.2) is 11.4 Å². The molecule has 346 valence electrons. The maximum Gasteiger partial charge on any atom is 0.273 e. The summed E-state index contributed by atoms with van der Waals surface area (Å²) in [6.45, 7) is 12.8. The van der Waals surface area contributed by atoms with Crippen molar-refractivity contribution in [2.24, 2.45) is 17.8 Å². The first-order valence-electron chi connectivity index (χ1n) is 24.2. The van der Waals surface area contributed by atoms with Crippen LogP contribution in [0.25, 0.3) is 0 Å². The van der Waals surface area contributed by atoms with Gasteiger partial charge in [0.05, 0.1) is 5.75 Å². The fraction of sp³-hybridized carbons (Fsp3) is 0.826. The highest BCUT2D eigenvalue weighted by Gasteiger charge is 2.48. The number of aromatic nitrogens is 2. The lowest BCUT2D eigenvalue weighted by Gasteiger charge is -2.39. The average Bonchev–Trinajstić information content (AvgIpc) is 3.86. The monoisotopic (exact) mass is 899 g/mol. The van der Waals surface area contributed by atoms with Gasteiger partial charge in [0.1, 0.15) is 11.5 Å². The van der Waals surface area contributed by atoms with Crippen LogP contribution in [0.1, 0.15) is 162 Å². The van der Waals surface area contributed by atoms with Gasteiger partial charge in [-0.05, 0) is 154 Å². The molecule has 2 N–H and O–H groups in total. The van der Waals surface area contributed by atoms with Crippen molar-refractivity contribution < 1.29 is 27.1 Å². The molecule has 14 nitrogen and oxygen atoms in total. The number of sulfonamides is 1. The summed E-state index contributed by atoms with van der Waals surface area (Å²) in [7, 11) is 1.05. The van der Waals surface area contributed by atoms with Gasteiger partial charge in [0.25, 0.3) is 11.8 Å². The molecule has 8 aliphatic rings. The quantitative estimate of drug-likeness (QED) is 0.219. The summed E-state index contributed by atoms with van der Waals surface area (Å²) in [6.07, 6.45) is 15.7. The van der Waals surface area contributed by atoms with E-state index in [9.17, 15) is 18.0 Å². The maximum atomic E-state index is 13.3. The molecule has 8 fully saturated rings. The van der Waals surface area contributed by atoms with Gasteiger partial charge >= 0.3 is 0 Å². The molecular formula is C46H74N8O6S2. The summed E-state index contributed by atoms with van der Waals surface area (Å²) in [5.74, 6) is 5.16. The van der Waals surface area contributed by atoms with E-state index in [1.165, 1.54) is 44.5 Å². The molecule has 6 unspecified atom stereocenters. The minimum atomic E-state index is -3.27. The summed E-state index contributed by atoms with van der Waals surface area (Å²) < 4.78 is 41.8. The normalized spacial score (nSPS) is 32.6. The number of carbonyl (C=O) groups is 2. The molecule has 6 aliphatic heterocycles. The maximum absolute atomic E-state index is 13.3. The van der Waals surface area contributed by atoms with Crippen molar-refractivity contribution in [3.63, 3.8) is 0 Å². The van der Waals surface area contributed by atoms with E-state index in [0.29, 0.717) is 48.1 Å². The third kappa shape index (κ3) is 10.8. The molecule has 4 bridgehead atoms. The molecule has 16 heteroatoms. The summed E-state index contributed by atoms with van der Waals surface area (Å²) in [5.41, 5.74) is 0.816. The second-order valence-electron chi connectivity index (χ2n) is 20.4. The van der Waals surface area contributed by atoms with E-state index >= 15 is 0 Å². The van der Waals surface area contributed by atoms with Crippen molar-refractivity contribution in [2.75, 3.05) is 51.8 Å². The molecule has 2 saturated carbocycles. The topological polar surface area (TPSA) is 157 Å². The zero-order valence-corrected chi connectivity index (χ0v) is 39.9. The standard InChI is InChI=1S/C22H34N4O4S.C22H34N4O2S.C2H6/c1-22(7-8-22)20-13-19(24-30-20)21(27)23-16-11-17-3-4-18(12-16)26(17)31(28,29)14-15-5-9-25(2)10-6-15;1-14-9-19(14)21-12-20(24-28-21)22(27)23-16-10-17-3-4-18(11-16)26(17)29-13-15-5-7-25(2)8-6-15;1-2/h13,15-18H,3-12,14H2,1-2H3,(H,23,27);12,14-19H,3-11,13H2,1-2H3,(H,23,27);1-2H3/t;14?,16?,17-,18?,19?;/m.0./s1. The molecule has 7 atom stereocenters. The van der Waals surface area contributed by atoms with Crippen molar-refractivity contribution in [3.05, 3.63) is 35.0 Å². The molecule has 2 aliphatic carbocycles. The Balaban J connectivity index is 0.000000165. The minimum Gasteiger partial charge on any atom is -0.360 e. The van der Waals surface area contributed by atoms with Crippen LogP contribution in [0.15, 0.2) is 21.2 Å². The summed E-state index contributed by atoms with van der Waals surface area (Å²) in [4.78, 5) is 30.1. The number of nitrogens with one attached hydrogen (secondary N) is 2. The highest BCUT2D eigenvalue weighted by Crippen LogP contribution is 2.48. The van der Waals surface area contributed by atoms with E-state index in [0.717, 1.165) is 88.3 Å². The van der Waals surface area contributed by atoms with Crippen molar-refractivity contribution in [1.29, 1.82) is 0 Å². The summed E-state index contributed by atoms with van der Waals surface area (Å²) in [6, 6.07) is 5.07. The van der Waals surface area contributed by atoms with Crippen LogP contribution in [-0.2, 0) is 15.4 Å². The van der Waals surface area contributed by atoms with Gasteiger partial charge in [0.2, 0.25) is 10.0 Å². The Bertz CT molecular complexity index is 1910. The second-order valence-corrected chi connectivity index (χ2v) is 23.3. The second kappa shape index (κ2) is 19.5. The first-order valence-corrected chi connectivity index (χ1v) is 26.7. The molecule has 0 spiro atoms. The number of hydrogen-bond acceptors (Lipinski definition) is 12. The first kappa shape index (κ1) is 46.0. The van der Waals surface area contributed by atoms with Crippen LogP contribution in [0.3, 0.4) is 0 Å². The van der Waals surface area contributed by atoms with Gasteiger partial charge in [0, 0.05) is 65.5 Å². The van der Waals surface area contributed by atoms with Crippen LogP contribution in [0.5, 0.6) is 0 Å². The fourth-order valence-electron chi connectivity index (χ4n) is 11.1. The number of nitrogens with zero attached hydrogens (tertiary/aromatic N) is 6. The van der Waals surface area contributed by atoms with Crippen LogP contribution in [-0.4, -0.2) is 137 Å². The van der Waals surface area contributed by atoms with E-state index in [1.54, 1.807) is 10.4 Å². The molecular weight excluding hydrogens is 825 g/mol. The van der Waals surface area contributed by atoms with Gasteiger partial charge in [-0.3, -0.25) is 9.59 Å². The van der Waals surface area contributed by atoms with Gasteiger partial charge in [-0.15, -0.1) is 0 Å².